The summed E-state index contributed by atoms with van der Waals surface area (Å²) in [6.07, 6.45) is 9.11. The normalized spacial score (nSPS) is 14.9. The fraction of sp³-hybridized carbons (Fsp3) is 0.515. The van der Waals surface area contributed by atoms with Crippen LogP contribution in [-0.2, 0) is 28.9 Å². The van der Waals surface area contributed by atoms with Gasteiger partial charge in [-0.25, -0.2) is 0 Å². The summed E-state index contributed by atoms with van der Waals surface area (Å²) in [5.74, 6) is -0.650. The Morgan fingerprint density at radius 3 is 1.95 bits per heavy atom. The number of piperazine rings is 1. The number of primary amides is 2. The van der Waals surface area contributed by atoms with Crippen LogP contribution in [0, 0.1) is 5.92 Å². The highest BCUT2D eigenvalue weighted by Gasteiger charge is 2.22. The van der Waals surface area contributed by atoms with Gasteiger partial charge in [0.15, 0.2) is 0 Å². The number of hydrogen-bond acceptors (Lipinski definition) is 5. The number of carbonyl (C=O) groups is 2. The number of hydrogen-bond donors (Lipinski definition) is 4. The van der Waals surface area contributed by atoms with Crippen molar-refractivity contribution >= 4 is 12.3 Å². The number of aliphatic hydroxyl groups excluding tert-OH is 1. The predicted octanol–water partition coefficient (Wildman–Crippen LogP) is 4.26. The van der Waals surface area contributed by atoms with E-state index in [1.807, 2.05) is 37.3 Å². The Morgan fingerprint density at radius 2 is 1.50 bits per heavy atom. The van der Waals surface area contributed by atoms with Gasteiger partial charge in [0.2, 0.25) is 12.3 Å². The zero-order chi connectivity index (χ0) is 30.0. The van der Waals surface area contributed by atoms with Crippen LogP contribution < -0.4 is 16.8 Å². The molecule has 224 valence electrons. The van der Waals surface area contributed by atoms with Gasteiger partial charge in [-0.3, -0.25) is 14.5 Å². The van der Waals surface area contributed by atoms with Crippen LogP contribution in [-0.4, -0.2) is 61.2 Å². The molecule has 1 aliphatic carbocycles. The van der Waals surface area contributed by atoms with E-state index in [1.165, 1.54) is 32.1 Å². The molecule has 2 amide bonds. The molecule has 2 aromatic rings. The van der Waals surface area contributed by atoms with E-state index in [9.17, 15) is 9.90 Å². The number of unbranched alkanes of at least 4 members (excludes halogenated alkanes) is 1. The van der Waals surface area contributed by atoms with Crippen molar-refractivity contribution in [2.75, 3.05) is 32.7 Å². The zero-order valence-corrected chi connectivity index (χ0v) is 25.1. The molecule has 2 aromatic carbocycles. The van der Waals surface area contributed by atoms with Crippen molar-refractivity contribution in [1.29, 1.82) is 0 Å². The third-order valence-electron chi connectivity index (χ3n) is 6.47. The van der Waals surface area contributed by atoms with Crippen molar-refractivity contribution in [3.8, 4) is 0 Å². The molecule has 6 N–H and O–H groups in total. The maximum atomic E-state index is 11.6. The van der Waals surface area contributed by atoms with Gasteiger partial charge in [0.05, 0.1) is 6.10 Å². The summed E-state index contributed by atoms with van der Waals surface area (Å²) >= 11 is 0. The topological polar surface area (TPSA) is 122 Å². The Balaban J connectivity index is 0.000000652. The van der Waals surface area contributed by atoms with Crippen LogP contribution in [0.1, 0.15) is 63.1 Å². The van der Waals surface area contributed by atoms with Gasteiger partial charge in [-0.15, -0.1) is 6.58 Å². The smallest absolute Gasteiger partial charge is 0.220 e. The van der Waals surface area contributed by atoms with E-state index in [-0.39, 0.29) is 18.2 Å². The van der Waals surface area contributed by atoms with E-state index in [4.69, 9.17) is 10.5 Å². The number of β-amino-alcohol motifs (C(OH)–C–C–N with tert-alkyl or cyclic N) is 1. The summed E-state index contributed by atoms with van der Waals surface area (Å²) in [5.41, 5.74) is 13.9. The number of amides is 2. The summed E-state index contributed by atoms with van der Waals surface area (Å²) in [6.45, 7) is 14.0. The standard InChI is InChI=1S/C16H25N3O2.C9H10.C4H10.C3H6.CH3NO/c17-16(21)14(10-13-4-2-1-3-5-13)11-15(20)12-19-8-6-18-7-9-19;1-2-5-9-7-3-6-8(9)4-1;1-3-4-2;1-3-2;2-1-3/h1-5,14-15,18,20H,6-12H2,(H2,17,21);1-2,4-5H,3,6-7H2;3-4H2,1-2H3;3H,1H2,2H3;1H,(H2,2,3)/t14-,15+;;;;/m1..../s1. The number of nitrogens with zero attached hydrogens (tertiary/aromatic N) is 1. The molecule has 40 heavy (non-hydrogen) atoms. The monoisotopic (exact) mass is 554 g/mol. The number of allylic oxidation sites excluding steroid dienone is 1. The van der Waals surface area contributed by atoms with Crippen LogP contribution >= 0.6 is 0 Å². The van der Waals surface area contributed by atoms with Gasteiger partial charge in [0.25, 0.3) is 0 Å². The number of rotatable bonds is 8. The summed E-state index contributed by atoms with van der Waals surface area (Å²) in [6, 6.07) is 18.5. The molecule has 1 saturated heterocycles. The fourth-order valence-corrected chi connectivity index (χ4v) is 4.31. The van der Waals surface area contributed by atoms with E-state index >= 15 is 0 Å². The summed E-state index contributed by atoms with van der Waals surface area (Å²) in [4.78, 5) is 22.4. The first-order valence-corrected chi connectivity index (χ1v) is 14.6. The minimum atomic E-state index is -0.510. The summed E-state index contributed by atoms with van der Waals surface area (Å²) < 4.78 is 0. The van der Waals surface area contributed by atoms with E-state index in [1.54, 1.807) is 17.2 Å². The highest BCUT2D eigenvalue weighted by atomic mass is 16.3. The van der Waals surface area contributed by atoms with Gasteiger partial charge >= 0.3 is 0 Å². The predicted molar refractivity (Wildman–Crippen MR) is 168 cm³/mol. The van der Waals surface area contributed by atoms with E-state index in [0.717, 1.165) is 31.7 Å². The van der Waals surface area contributed by atoms with Gasteiger partial charge in [-0.1, -0.05) is 87.4 Å². The number of benzene rings is 2. The third kappa shape index (κ3) is 18.3. The molecule has 0 bridgehead atoms. The Morgan fingerprint density at radius 1 is 1.02 bits per heavy atom. The molecule has 7 heteroatoms. The second-order valence-electron chi connectivity index (χ2n) is 9.90. The number of nitrogens with two attached hydrogens (primary N) is 2. The van der Waals surface area contributed by atoms with Crippen molar-refractivity contribution in [1.82, 2.24) is 10.2 Å². The summed E-state index contributed by atoms with van der Waals surface area (Å²) in [7, 11) is 0. The number of carbonyl (C=O) groups excluding carboxylic acids is 2. The SMILES string of the molecule is C=CC.CCCC.NC(=O)[C@H](Cc1ccccc1)C[C@H](O)CN1CCNCC1.NC=O.c1ccc2c(c1)CCC2. The van der Waals surface area contributed by atoms with Crippen molar-refractivity contribution in [3.05, 3.63) is 83.9 Å². The number of aryl methyl sites for hydroxylation is 2. The number of fused-ring (bicyclic) bond motifs is 1. The number of aliphatic hydroxyl groups is 1. The zero-order valence-electron chi connectivity index (χ0n) is 25.1. The molecule has 1 aliphatic heterocycles. The van der Waals surface area contributed by atoms with Gasteiger partial charge in [-0.2, -0.15) is 0 Å². The molecule has 0 saturated carbocycles. The molecule has 0 radical (unpaired) electrons. The first-order chi connectivity index (χ1) is 19.4. The lowest BCUT2D eigenvalue weighted by Gasteiger charge is -2.30. The summed E-state index contributed by atoms with van der Waals surface area (Å²) in [5, 5.41) is 13.5. The molecule has 0 spiro atoms. The molecular formula is C33H54N4O3. The van der Waals surface area contributed by atoms with E-state index in [0.29, 0.717) is 19.4 Å². The van der Waals surface area contributed by atoms with Crippen molar-refractivity contribution in [3.63, 3.8) is 0 Å². The molecule has 0 aromatic heterocycles. The maximum Gasteiger partial charge on any atom is 0.220 e. The minimum absolute atomic E-state index is 0.250. The first kappa shape index (κ1) is 37.0. The minimum Gasteiger partial charge on any atom is -0.392 e. The molecule has 2 aliphatic rings. The van der Waals surface area contributed by atoms with Crippen LogP contribution in [0.5, 0.6) is 0 Å². The lowest BCUT2D eigenvalue weighted by atomic mass is 9.93. The lowest BCUT2D eigenvalue weighted by Crippen LogP contribution is -2.46. The Kier molecular flexibility index (Phi) is 23.1. The van der Waals surface area contributed by atoms with Crippen molar-refractivity contribution in [2.45, 2.75) is 71.8 Å². The molecule has 1 heterocycles. The van der Waals surface area contributed by atoms with Crippen LogP contribution in [0.25, 0.3) is 0 Å². The molecular weight excluding hydrogens is 500 g/mol. The second kappa shape index (κ2) is 25.0. The van der Waals surface area contributed by atoms with Gasteiger partial charge < -0.3 is 21.9 Å². The fourth-order valence-electron chi connectivity index (χ4n) is 4.31. The molecule has 0 unspecified atom stereocenters. The molecule has 1 fully saturated rings. The third-order valence-corrected chi connectivity index (χ3v) is 6.47. The highest BCUT2D eigenvalue weighted by Crippen LogP contribution is 2.20. The quantitative estimate of drug-likeness (QED) is 0.287. The lowest BCUT2D eigenvalue weighted by molar-refractivity contribution is -0.122. The Labute approximate surface area is 243 Å². The average molecular weight is 555 g/mol. The van der Waals surface area contributed by atoms with E-state index < -0.39 is 6.10 Å². The van der Waals surface area contributed by atoms with Crippen LogP contribution in [0.3, 0.4) is 0 Å². The first-order valence-electron chi connectivity index (χ1n) is 14.6. The second-order valence-corrected chi connectivity index (χ2v) is 9.90. The average Bonchev–Trinajstić information content (AvgIpc) is 3.44. The maximum absolute atomic E-state index is 11.6. The largest absolute Gasteiger partial charge is 0.392 e. The van der Waals surface area contributed by atoms with Crippen molar-refractivity contribution < 1.29 is 14.7 Å². The van der Waals surface area contributed by atoms with Crippen LogP contribution in [0.15, 0.2) is 67.3 Å². The molecule has 7 nitrogen and oxygen atoms in total. The van der Waals surface area contributed by atoms with Gasteiger partial charge in [0, 0.05) is 38.6 Å². The Hall–Kier alpha value is -3.00. The molecule has 4 rings (SSSR count). The van der Waals surface area contributed by atoms with E-state index in [2.05, 4.69) is 60.6 Å². The van der Waals surface area contributed by atoms with Gasteiger partial charge in [0.1, 0.15) is 0 Å². The Bertz CT molecular complexity index is 871. The van der Waals surface area contributed by atoms with Crippen LogP contribution in [0.2, 0.25) is 0 Å². The highest BCUT2D eigenvalue weighted by molar-refractivity contribution is 5.77. The molecule has 2 atom stereocenters. The van der Waals surface area contributed by atoms with Gasteiger partial charge in [-0.05, 0) is 55.7 Å². The van der Waals surface area contributed by atoms with Crippen molar-refractivity contribution in [2.24, 2.45) is 17.4 Å². The number of nitrogens with one attached hydrogen (secondary N) is 1. The van der Waals surface area contributed by atoms with Crippen LogP contribution in [0.4, 0.5) is 0 Å².